The zero-order chi connectivity index (χ0) is 11.5. The minimum absolute atomic E-state index is 0.378. The van der Waals surface area contributed by atoms with Gasteiger partial charge in [-0.3, -0.25) is 0 Å². The van der Waals surface area contributed by atoms with Gasteiger partial charge in [0, 0.05) is 13.1 Å². The third-order valence-electron chi connectivity index (χ3n) is 2.69. The zero-order valence-corrected chi connectivity index (χ0v) is 9.22. The second kappa shape index (κ2) is 4.38. The fourth-order valence-corrected chi connectivity index (χ4v) is 1.88. The minimum atomic E-state index is -0.815. The zero-order valence-electron chi connectivity index (χ0n) is 9.22. The van der Waals surface area contributed by atoms with Crippen molar-refractivity contribution in [1.29, 1.82) is 0 Å². The highest BCUT2D eigenvalue weighted by molar-refractivity contribution is 5.68. The molecule has 1 aromatic heterocycles. The molecule has 1 aliphatic heterocycles. The molecule has 1 saturated heterocycles. The molecule has 5 nitrogen and oxygen atoms in total. The molecule has 2 rings (SSSR count). The van der Waals surface area contributed by atoms with Gasteiger partial charge in [0.2, 0.25) is 0 Å². The first-order chi connectivity index (χ1) is 7.65. The molecule has 1 unspecified atom stereocenters. The van der Waals surface area contributed by atoms with Crippen molar-refractivity contribution in [3.05, 3.63) is 18.3 Å². The van der Waals surface area contributed by atoms with Crippen molar-refractivity contribution in [2.75, 3.05) is 18.0 Å². The van der Waals surface area contributed by atoms with Crippen LogP contribution in [0.2, 0.25) is 0 Å². The topological polar surface area (TPSA) is 68.5 Å². The number of pyridine rings is 1. The lowest BCUT2D eigenvalue weighted by molar-refractivity contribution is 0.210. The van der Waals surface area contributed by atoms with Gasteiger partial charge in [-0.2, -0.15) is 0 Å². The predicted octanol–water partition coefficient (Wildman–Crippen LogP) is 1.39. The molecule has 0 aromatic carbocycles. The number of carbonyl (C=O) groups excluding carboxylic acids is 1. The lowest BCUT2D eigenvalue weighted by atomic mass is 10.2. The van der Waals surface area contributed by atoms with E-state index in [-0.39, 0.29) is 0 Å². The number of hydrogen-bond acceptors (Lipinski definition) is 4. The number of nitrogens with zero attached hydrogens (tertiary/aromatic N) is 2. The van der Waals surface area contributed by atoms with Gasteiger partial charge in [-0.15, -0.1) is 0 Å². The molecule has 5 heteroatoms. The molecule has 1 atom stereocenters. The van der Waals surface area contributed by atoms with E-state index in [1.54, 1.807) is 6.07 Å². The van der Waals surface area contributed by atoms with E-state index < -0.39 is 6.09 Å². The summed E-state index contributed by atoms with van der Waals surface area (Å²) in [5.41, 5.74) is 4.90. The first-order valence-corrected chi connectivity index (χ1v) is 5.33. The van der Waals surface area contributed by atoms with E-state index in [0.717, 1.165) is 18.9 Å². The Morgan fingerprint density at radius 1 is 1.62 bits per heavy atom. The second-order valence-corrected chi connectivity index (χ2v) is 4.11. The second-order valence-electron chi connectivity index (χ2n) is 4.11. The van der Waals surface area contributed by atoms with Crippen LogP contribution in [0.25, 0.3) is 0 Å². The predicted molar refractivity (Wildman–Crippen MR) is 60.4 cm³/mol. The van der Waals surface area contributed by atoms with Crippen molar-refractivity contribution in [2.45, 2.75) is 13.3 Å². The molecule has 0 radical (unpaired) electrons. The van der Waals surface area contributed by atoms with E-state index in [4.69, 9.17) is 10.5 Å². The van der Waals surface area contributed by atoms with Gasteiger partial charge in [-0.05, 0) is 24.5 Å². The largest absolute Gasteiger partial charge is 0.410 e. The molecule has 0 saturated carbocycles. The third kappa shape index (κ3) is 2.42. The Morgan fingerprint density at radius 3 is 2.94 bits per heavy atom. The van der Waals surface area contributed by atoms with Gasteiger partial charge in [0.1, 0.15) is 5.82 Å². The first kappa shape index (κ1) is 10.7. The van der Waals surface area contributed by atoms with Crippen LogP contribution in [0.4, 0.5) is 10.6 Å². The highest BCUT2D eigenvalue weighted by Crippen LogP contribution is 2.22. The maximum atomic E-state index is 10.5. The normalized spacial score (nSPS) is 19.8. The van der Waals surface area contributed by atoms with Gasteiger partial charge in [-0.25, -0.2) is 9.78 Å². The van der Waals surface area contributed by atoms with Crippen molar-refractivity contribution in [3.63, 3.8) is 0 Å². The molecule has 2 heterocycles. The molecule has 16 heavy (non-hydrogen) atoms. The van der Waals surface area contributed by atoms with Gasteiger partial charge in [0.15, 0.2) is 5.75 Å². The molecule has 1 aromatic rings. The van der Waals surface area contributed by atoms with Gasteiger partial charge < -0.3 is 15.4 Å². The smallest absolute Gasteiger partial charge is 0.409 e. The van der Waals surface area contributed by atoms with Crippen LogP contribution in [0.5, 0.6) is 5.75 Å². The number of carbonyl (C=O) groups is 1. The summed E-state index contributed by atoms with van der Waals surface area (Å²) >= 11 is 0. The lowest BCUT2D eigenvalue weighted by Gasteiger charge is -2.16. The number of aromatic nitrogens is 1. The summed E-state index contributed by atoms with van der Waals surface area (Å²) in [5.74, 6) is 2.01. The fourth-order valence-electron chi connectivity index (χ4n) is 1.88. The molecule has 1 fully saturated rings. The SMILES string of the molecule is CC1CCN(c2ccc(OC(N)=O)cn2)C1. The number of primary amides is 1. The third-order valence-corrected chi connectivity index (χ3v) is 2.69. The van der Waals surface area contributed by atoms with E-state index in [2.05, 4.69) is 16.8 Å². The van der Waals surface area contributed by atoms with Gasteiger partial charge in [0.25, 0.3) is 0 Å². The standard InChI is InChI=1S/C11H15N3O2/c1-8-4-5-14(7-8)10-3-2-9(6-13-10)16-11(12)15/h2-3,6,8H,4-5,7H2,1H3,(H2,12,15). The molecule has 86 valence electrons. The van der Waals surface area contributed by atoms with Crippen molar-refractivity contribution >= 4 is 11.9 Å². The van der Waals surface area contributed by atoms with Gasteiger partial charge in [-0.1, -0.05) is 6.92 Å². The Kier molecular flexibility index (Phi) is 2.94. The Labute approximate surface area is 94.2 Å². The number of hydrogen-bond donors (Lipinski definition) is 1. The summed E-state index contributed by atoms with van der Waals surface area (Å²) in [7, 11) is 0. The number of amides is 1. The van der Waals surface area contributed by atoms with Crippen LogP contribution >= 0.6 is 0 Å². The fraction of sp³-hybridized carbons (Fsp3) is 0.455. The molecular formula is C11H15N3O2. The van der Waals surface area contributed by atoms with Crippen molar-refractivity contribution in [1.82, 2.24) is 4.98 Å². The maximum Gasteiger partial charge on any atom is 0.410 e. The summed E-state index contributed by atoms with van der Waals surface area (Å²) in [6.07, 6.45) is 1.90. The van der Waals surface area contributed by atoms with E-state index in [0.29, 0.717) is 11.7 Å². The van der Waals surface area contributed by atoms with Gasteiger partial charge >= 0.3 is 6.09 Å². The highest BCUT2D eigenvalue weighted by atomic mass is 16.5. The van der Waals surface area contributed by atoms with E-state index in [1.807, 2.05) is 6.07 Å². The van der Waals surface area contributed by atoms with Gasteiger partial charge in [0.05, 0.1) is 6.20 Å². The van der Waals surface area contributed by atoms with E-state index >= 15 is 0 Å². The van der Waals surface area contributed by atoms with Crippen molar-refractivity contribution < 1.29 is 9.53 Å². The van der Waals surface area contributed by atoms with Crippen LogP contribution < -0.4 is 15.4 Å². The number of ether oxygens (including phenoxy) is 1. The Morgan fingerprint density at radius 2 is 2.44 bits per heavy atom. The first-order valence-electron chi connectivity index (χ1n) is 5.33. The Hall–Kier alpha value is -1.78. The van der Waals surface area contributed by atoms with Crippen LogP contribution in [0.3, 0.4) is 0 Å². The van der Waals surface area contributed by atoms with Crippen LogP contribution in [0, 0.1) is 5.92 Å². The summed E-state index contributed by atoms with van der Waals surface area (Å²) in [6.45, 7) is 4.29. The number of rotatable bonds is 2. The average Bonchev–Trinajstić information content (AvgIpc) is 2.65. The Balaban J connectivity index is 2.04. The number of anilines is 1. The van der Waals surface area contributed by atoms with E-state index in [1.165, 1.54) is 12.6 Å². The molecule has 0 bridgehead atoms. The van der Waals surface area contributed by atoms with Crippen molar-refractivity contribution in [3.8, 4) is 5.75 Å². The quantitative estimate of drug-likeness (QED) is 0.819. The molecule has 2 N–H and O–H groups in total. The van der Waals surface area contributed by atoms with E-state index in [9.17, 15) is 4.79 Å². The summed E-state index contributed by atoms with van der Waals surface area (Å²) < 4.78 is 4.71. The molecule has 1 amide bonds. The lowest BCUT2D eigenvalue weighted by Crippen LogP contribution is -2.20. The van der Waals surface area contributed by atoms with Crippen LogP contribution in [0.15, 0.2) is 18.3 Å². The van der Waals surface area contributed by atoms with Crippen molar-refractivity contribution in [2.24, 2.45) is 11.7 Å². The maximum absolute atomic E-state index is 10.5. The Bertz CT molecular complexity index is 377. The molecule has 1 aliphatic rings. The van der Waals surface area contributed by atoms with Crippen LogP contribution in [-0.4, -0.2) is 24.2 Å². The summed E-state index contributed by atoms with van der Waals surface area (Å²) in [6, 6.07) is 3.55. The summed E-state index contributed by atoms with van der Waals surface area (Å²) in [5, 5.41) is 0. The molecule has 0 spiro atoms. The summed E-state index contributed by atoms with van der Waals surface area (Å²) in [4.78, 5) is 17.0. The molecule has 0 aliphatic carbocycles. The number of nitrogens with two attached hydrogens (primary N) is 1. The minimum Gasteiger partial charge on any atom is -0.409 e. The van der Waals surface area contributed by atoms with Crippen LogP contribution in [0.1, 0.15) is 13.3 Å². The average molecular weight is 221 g/mol. The molecular weight excluding hydrogens is 206 g/mol. The monoisotopic (exact) mass is 221 g/mol. The van der Waals surface area contributed by atoms with Crippen LogP contribution in [-0.2, 0) is 0 Å². The highest BCUT2D eigenvalue weighted by Gasteiger charge is 2.19.